The van der Waals surface area contributed by atoms with E-state index in [4.69, 9.17) is 10.5 Å². The lowest BCUT2D eigenvalue weighted by Crippen LogP contribution is -2.13. The van der Waals surface area contributed by atoms with Crippen molar-refractivity contribution in [2.24, 2.45) is 0 Å². The predicted molar refractivity (Wildman–Crippen MR) is 78.8 cm³/mol. The second-order valence-electron chi connectivity index (χ2n) is 5.02. The smallest absolute Gasteiger partial charge is 0.151 e. The Morgan fingerprint density at radius 1 is 1.10 bits per heavy atom. The third-order valence-electron chi connectivity index (χ3n) is 3.85. The number of nitrogens with zero attached hydrogens (tertiary/aromatic N) is 2. The van der Waals surface area contributed by atoms with Gasteiger partial charge in [-0.15, -0.1) is 0 Å². The summed E-state index contributed by atoms with van der Waals surface area (Å²) in [7, 11) is 0. The first kappa shape index (κ1) is 11.5. The van der Waals surface area contributed by atoms with E-state index in [9.17, 15) is 0 Å². The van der Waals surface area contributed by atoms with E-state index >= 15 is 0 Å². The Balaban J connectivity index is 2.00. The summed E-state index contributed by atoms with van der Waals surface area (Å²) in [6.45, 7) is 1.29. The molecule has 0 bridgehead atoms. The minimum absolute atomic E-state index is 0.561. The molecule has 0 aliphatic carbocycles. The Morgan fingerprint density at radius 3 is 2.90 bits per heavy atom. The van der Waals surface area contributed by atoms with Crippen LogP contribution in [-0.2, 0) is 17.8 Å². The van der Waals surface area contributed by atoms with Crippen molar-refractivity contribution in [1.82, 2.24) is 9.78 Å². The molecule has 4 heteroatoms. The molecule has 1 aliphatic heterocycles. The molecule has 0 saturated heterocycles. The SMILES string of the molecule is Nc1nn(-c2cccc3ccccc23)c2c1COCC2. The quantitative estimate of drug-likeness (QED) is 0.736. The highest BCUT2D eigenvalue weighted by molar-refractivity contribution is 5.90. The van der Waals surface area contributed by atoms with E-state index in [-0.39, 0.29) is 0 Å². The van der Waals surface area contributed by atoms with Crippen LogP contribution in [0.25, 0.3) is 16.5 Å². The molecule has 0 fully saturated rings. The average molecular weight is 265 g/mol. The molecule has 0 atom stereocenters. The number of rotatable bonds is 1. The highest BCUT2D eigenvalue weighted by Crippen LogP contribution is 2.28. The van der Waals surface area contributed by atoms with Gasteiger partial charge in [-0.3, -0.25) is 0 Å². The Labute approximate surface area is 116 Å². The number of anilines is 1. The van der Waals surface area contributed by atoms with Gasteiger partial charge >= 0.3 is 0 Å². The number of nitrogen functional groups attached to an aromatic ring is 1. The van der Waals surface area contributed by atoms with E-state index in [1.165, 1.54) is 16.5 Å². The zero-order valence-corrected chi connectivity index (χ0v) is 11.0. The van der Waals surface area contributed by atoms with Gasteiger partial charge in [0.25, 0.3) is 0 Å². The number of fused-ring (bicyclic) bond motifs is 2. The van der Waals surface area contributed by atoms with E-state index in [2.05, 4.69) is 35.4 Å². The second kappa shape index (κ2) is 4.35. The third-order valence-corrected chi connectivity index (χ3v) is 3.85. The maximum atomic E-state index is 6.03. The van der Waals surface area contributed by atoms with Gasteiger partial charge in [0.05, 0.1) is 24.6 Å². The molecule has 1 aromatic heterocycles. The van der Waals surface area contributed by atoms with Crippen molar-refractivity contribution in [3.63, 3.8) is 0 Å². The predicted octanol–water partition coefficient (Wildman–Crippen LogP) is 2.68. The fraction of sp³-hybridized carbons (Fsp3) is 0.188. The zero-order valence-electron chi connectivity index (χ0n) is 11.0. The lowest BCUT2D eigenvalue weighted by atomic mass is 10.1. The third kappa shape index (κ3) is 1.62. The van der Waals surface area contributed by atoms with Gasteiger partial charge in [0.1, 0.15) is 0 Å². The minimum atomic E-state index is 0.561. The summed E-state index contributed by atoms with van der Waals surface area (Å²) < 4.78 is 7.46. The maximum Gasteiger partial charge on any atom is 0.151 e. The molecule has 4 rings (SSSR count). The van der Waals surface area contributed by atoms with E-state index in [0.29, 0.717) is 12.4 Å². The normalized spacial score (nSPS) is 14.4. The summed E-state index contributed by atoms with van der Waals surface area (Å²) >= 11 is 0. The van der Waals surface area contributed by atoms with Crippen molar-refractivity contribution in [2.75, 3.05) is 12.3 Å². The number of nitrogens with two attached hydrogens (primary N) is 1. The van der Waals surface area contributed by atoms with E-state index < -0.39 is 0 Å². The van der Waals surface area contributed by atoms with Crippen LogP contribution in [0.4, 0.5) is 5.82 Å². The summed E-state index contributed by atoms with van der Waals surface area (Å²) in [5.41, 5.74) is 9.32. The van der Waals surface area contributed by atoms with Crippen molar-refractivity contribution in [1.29, 1.82) is 0 Å². The van der Waals surface area contributed by atoms with Crippen LogP contribution in [0.5, 0.6) is 0 Å². The highest BCUT2D eigenvalue weighted by Gasteiger charge is 2.21. The molecule has 20 heavy (non-hydrogen) atoms. The van der Waals surface area contributed by atoms with Crippen molar-refractivity contribution >= 4 is 16.6 Å². The molecule has 3 aromatic rings. The first-order valence-corrected chi connectivity index (χ1v) is 6.77. The molecule has 2 N–H and O–H groups in total. The van der Waals surface area contributed by atoms with Crippen molar-refractivity contribution < 1.29 is 4.74 Å². The minimum Gasteiger partial charge on any atom is -0.382 e. The molecular weight excluding hydrogens is 250 g/mol. The molecular formula is C16H15N3O. The highest BCUT2D eigenvalue weighted by atomic mass is 16.5. The van der Waals surface area contributed by atoms with Gasteiger partial charge in [-0.25, -0.2) is 4.68 Å². The molecule has 0 saturated carbocycles. The lowest BCUT2D eigenvalue weighted by molar-refractivity contribution is 0.110. The van der Waals surface area contributed by atoms with Crippen LogP contribution in [-0.4, -0.2) is 16.4 Å². The van der Waals surface area contributed by atoms with Crippen LogP contribution < -0.4 is 5.73 Å². The van der Waals surface area contributed by atoms with Gasteiger partial charge in [0.2, 0.25) is 0 Å². The molecule has 0 spiro atoms. The Bertz CT molecular complexity index is 786. The molecule has 0 amide bonds. The van der Waals surface area contributed by atoms with Crippen LogP contribution in [0.3, 0.4) is 0 Å². The zero-order chi connectivity index (χ0) is 13.5. The number of aromatic nitrogens is 2. The maximum absolute atomic E-state index is 6.03. The lowest BCUT2D eigenvalue weighted by Gasteiger charge is -2.15. The number of hydrogen-bond acceptors (Lipinski definition) is 3. The fourth-order valence-electron chi connectivity index (χ4n) is 2.85. The van der Waals surface area contributed by atoms with Gasteiger partial charge in [-0.2, -0.15) is 5.10 Å². The van der Waals surface area contributed by atoms with Crippen LogP contribution >= 0.6 is 0 Å². The van der Waals surface area contributed by atoms with Gasteiger partial charge in [-0.1, -0.05) is 36.4 Å². The summed E-state index contributed by atoms with van der Waals surface area (Å²) in [4.78, 5) is 0. The molecule has 0 radical (unpaired) electrons. The van der Waals surface area contributed by atoms with E-state index in [0.717, 1.165) is 24.3 Å². The Kier molecular flexibility index (Phi) is 2.50. The number of hydrogen-bond donors (Lipinski definition) is 1. The van der Waals surface area contributed by atoms with Crippen LogP contribution in [0.15, 0.2) is 42.5 Å². The first-order chi connectivity index (χ1) is 9.84. The van der Waals surface area contributed by atoms with Gasteiger partial charge < -0.3 is 10.5 Å². The molecule has 2 heterocycles. The summed E-state index contributed by atoms with van der Waals surface area (Å²) in [5, 5.41) is 6.92. The Hall–Kier alpha value is -2.33. The molecule has 100 valence electrons. The molecule has 0 unspecified atom stereocenters. The molecule has 1 aliphatic rings. The van der Waals surface area contributed by atoms with Crippen molar-refractivity contribution in [3.05, 3.63) is 53.7 Å². The monoisotopic (exact) mass is 265 g/mol. The van der Waals surface area contributed by atoms with Crippen LogP contribution in [0.2, 0.25) is 0 Å². The molecule has 4 nitrogen and oxygen atoms in total. The van der Waals surface area contributed by atoms with Gasteiger partial charge in [0, 0.05) is 17.4 Å². The van der Waals surface area contributed by atoms with Gasteiger partial charge in [-0.05, 0) is 11.5 Å². The molecule has 2 aromatic carbocycles. The van der Waals surface area contributed by atoms with Gasteiger partial charge in [0.15, 0.2) is 5.82 Å². The van der Waals surface area contributed by atoms with Crippen LogP contribution in [0.1, 0.15) is 11.3 Å². The number of benzene rings is 2. The standard InChI is InChI=1S/C16H15N3O/c17-16-13-10-20-9-8-15(13)19(18-16)14-7-3-5-11-4-1-2-6-12(11)14/h1-7H,8-10H2,(H2,17,18). The van der Waals surface area contributed by atoms with E-state index in [1.54, 1.807) is 0 Å². The topological polar surface area (TPSA) is 53.1 Å². The number of ether oxygens (including phenoxy) is 1. The summed E-state index contributed by atoms with van der Waals surface area (Å²) in [6.07, 6.45) is 0.850. The Morgan fingerprint density at radius 2 is 1.95 bits per heavy atom. The van der Waals surface area contributed by atoms with Crippen LogP contribution in [0, 0.1) is 0 Å². The summed E-state index contributed by atoms with van der Waals surface area (Å²) in [5.74, 6) is 0.577. The first-order valence-electron chi connectivity index (χ1n) is 6.77. The summed E-state index contributed by atoms with van der Waals surface area (Å²) in [6, 6.07) is 14.6. The van der Waals surface area contributed by atoms with Crippen molar-refractivity contribution in [3.8, 4) is 5.69 Å². The largest absolute Gasteiger partial charge is 0.382 e. The average Bonchev–Trinajstić information content (AvgIpc) is 2.84. The van der Waals surface area contributed by atoms with Crippen molar-refractivity contribution in [2.45, 2.75) is 13.0 Å². The second-order valence-corrected chi connectivity index (χ2v) is 5.02. The van der Waals surface area contributed by atoms with E-state index in [1.807, 2.05) is 16.8 Å². The fourth-order valence-corrected chi connectivity index (χ4v) is 2.85.